The highest BCUT2D eigenvalue weighted by atomic mass is 79.9. The Morgan fingerprint density at radius 3 is 2.63 bits per heavy atom. The van der Waals surface area contributed by atoms with Crippen LogP contribution in [-0.2, 0) is 0 Å². The molecule has 1 aromatic carbocycles. The molecule has 1 aromatic heterocycles. The van der Waals surface area contributed by atoms with E-state index in [1.165, 1.54) is 10.7 Å². The second kappa shape index (κ2) is 4.97. The molecule has 2 rings (SSSR count). The molecule has 0 saturated heterocycles. The van der Waals surface area contributed by atoms with E-state index in [9.17, 15) is 9.59 Å². The van der Waals surface area contributed by atoms with E-state index in [0.717, 1.165) is 10.0 Å². The van der Waals surface area contributed by atoms with Crippen molar-refractivity contribution in [3.8, 4) is 5.69 Å². The predicted octanol–water partition coefficient (Wildman–Crippen LogP) is 2.31. The largest absolute Gasteiger partial charge is 0.476 e. The van der Waals surface area contributed by atoms with Crippen molar-refractivity contribution in [2.75, 3.05) is 0 Å². The molecule has 0 aliphatic carbocycles. The molecular formula is C13H11BrN2O3. The van der Waals surface area contributed by atoms with Crippen LogP contribution in [-0.4, -0.2) is 20.9 Å². The van der Waals surface area contributed by atoms with Gasteiger partial charge in [0.25, 0.3) is 0 Å². The Morgan fingerprint density at radius 1 is 1.32 bits per heavy atom. The van der Waals surface area contributed by atoms with Crippen LogP contribution in [0.2, 0.25) is 0 Å². The van der Waals surface area contributed by atoms with Gasteiger partial charge in [0.05, 0.1) is 5.69 Å². The SMILES string of the molecule is Cc1ccc(Br)c(-n2nc(C(=O)O)c(=O)cc2C)c1. The van der Waals surface area contributed by atoms with Crippen LogP contribution < -0.4 is 5.43 Å². The van der Waals surface area contributed by atoms with Gasteiger partial charge in [-0.25, -0.2) is 9.48 Å². The van der Waals surface area contributed by atoms with Gasteiger partial charge in [-0.05, 0) is 47.5 Å². The maximum atomic E-state index is 11.5. The van der Waals surface area contributed by atoms with Crippen LogP contribution in [0, 0.1) is 13.8 Å². The first kappa shape index (κ1) is 13.5. The van der Waals surface area contributed by atoms with Crippen LogP contribution in [0.3, 0.4) is 0 Å². The Kier molecular flexibility index (Phi) is 3.53. The summed E-state index contributed by atoms with van der Waals surface area (Å²) in [5, 5.41) is 12.9. The van der Waals surface area contributed by atoms with Gasteiger partial charge in [-0.15, -0.1) is 0 Å². The molecule has 19 heavy (non-hydrogen) atoms. The molecule has 0 bridgehead atoms. The molecule has 5 nitrogen and oxygen atoms in total. The van der Waals surface area contributed by atoms with Crippen molar-refractivity contribution in [2.24, 2.45) is 0 Å². The number of carboxylic acids is 1. The topological polar surface area (TPSA) is 72.2 Å². The lowest BCUT2D eigenvalue weighted by Crippen LogP contribution is -2.22. The molecule has 0 saturated carbocycles. The molecule has 0 unspecified atom stereocenters. The van der Waals surface area contributed by atoms with Gasteiger partial charge in [0.15, 0.2) is 0 Å². The molecule has 0 spiro atoms. The first-order valence-electron chi connectivity index (χ1n) is 5.51. The number of benzene rings is 1. The molecule has 2 aromatic rings. The lowest BCUT2D eigenvalue weighted by Gasteiger charge is -2.12. The molecule has 0 amide bonds. The summed E-state index contributed by atoms with van der Waals surface area (Å²) < 4.78 is 2.22. The second-order valence-corrected chi connectivity index (χ2v) is 5.02. The Labute approximate surface area is 117 Å². The summed E-state index contributed by atoms with van der Waals surface area (Å²) in [4.78, 5) is 22.5. The fraction of sp³-hybridized carbons (Fsp3) is 0.154. The summed E-state index contributed by atoms with van der Waals surface area (Å²) in [7, 11) is 0. The minimum Gasteiger partial charge on any atom is -0.476 e. The van der Waals surface area contributed by atoms with E-state index in [-0.39, 0.29) is 0 Å². The van der Waals surface area contributed by atoms with Gasteiger partial charge in [0, 0.05) is 16.2 Å². The number of carbonyl (C=O) groups is 1. The zero-order valence-corrected chi connectivity index (χ0v) is 11.9. The van der Waals surface area contributed by atoms with Crippen molar-refractivity contribution in [3.63, 3.8) is 0 Å². The summed E-state index contributed by atoms with van der Waals surface area (Å²) in [5.74, 6) is -1.33. The molecule has 0 atom stereocenters. The number of hydrogen-bond donors (Lipinski definition) is 1. The maximum absolute atomic E-state index is 11.5. The fourth-order valence-electron chi connectivity index (χ4n) is 1.72. The third-order valence-electron chi connectivity index (χ3n) is 2.64. The van der Waals surface area contributed by atoms with E-state index in [1.807, 2.05) is 25.1 Å². The molecule has 0 fully saturated rings. The number of aromatic carboxylic acids is 1. The summed E-state index contributed by atoms with van der Waals surface area (Å²) in [6.45, 7) is 3.63. The quantitative estimate of drug-likeness (QED) is 0.920. The van der Waals surface area contributed by atoms with Crippen LogP contribution in [0.1, 0.15) is 21.7 Å². The summed E-state index contributed by atoms with van der Waals surface area (Å²) >= 11 is 3.40. The van der Waals surface area contributed by atoms with Crippen molar-refractivity contribution < 1.29 is 9.90 Å². The summed E-state index contributed by atoms with van der Waals surface area (Å²) in [6, 6.07) is 6.90. The Hall–Kier alpha value is -1.95. The molecule has 0 radical (unpaired) electrons. The Balaban J connectivity index is 2.75. The third kappa shape index (κ3) is 2.58. The van der Waals surface area contributed by atoms with Gasteiger partial charge in [0.1, 0.15) is 0 Å². The molecule has 6 heteroatoms. The molecule has 98 valence electrons. The molecular weight excluding hydrogens is 312 g/mol. The molecule has 0 aliphatic heterocycles. The normalized spacial score (nSPS) is 10.5. The lowest BCUT2D eigenvalue weighted by molar-refractivity contribution is 0.0686. The standard InChI is InChI=1S/C13H11BrN2O3/c1-7-3-4-9(14)10(5-7)16-8(2)6-11(17)12(15-16)13(18)19/h3-6H,1-2H3,(H,18,19). The van der Waals surface area contributed by atoms with E-state index in [0.29, 0.717) is 11.4 Å². The minimum absolute atomic E-state index is 0.487. The number of aromatic nitrogens is 2. The van der Waals surface area contributed by atoms with E-state index in [2.05, 4.69) is 21.0 Å². The number of nitrogens with zero attached hydrogens (tertiary/aromatic N) is 2. The minimum atomic E-state index is -1.33. The Bertz CT molecular complexity index is 722. The van der Waals surface area contributed by atoms with Gasteiger partial charge in [0.2, 0.25) is 11.1 Å². The van der Waals surface area contributed by atoms with Crippen molar-refractivity contribution in [3.05, 3.63) is 55.9 Å². The smallest absolute Gasteiger partial charge is 0.360 e. The molecule has 1 heterocycles. The monoisotopic (exact) mass is 322 g/mol. The van der Waals surface area contributed by atoms with Gasteiger partial charge < -0.3 is 5.11 Å². The van der Waals surface area contributed by atoms with E-state index < -0.39 is 17.1 Å². The Morgan fingerprint density at radius 2 is 2.00 bits per heavy atom. The highest BCUT2D eigenvalue weighted by Gasteiger charge is 2.14. The van der Waals surface area contributed by atoms with Crippen LogP contribution in [0.4, 0.5) is 0 Å². The molecule has 1 N–H and O–H groups in total. The zero-order valence-electron chi connectivity index (χ0n) is 10.3. The van der Waals surface area contributed by atoms with Crippen molar-refractivity contribution in [1.29, 1.82) is 0 Å². The number of carboxylic acid groups (broad SMARTS) is 1. The average Bonchev–Trinajstić information content (AvgIpc) is 2.32. The number of halogens is 1. The van der Waals surface area contributed by atoms with Crippen LogP contribution in [0.25, 0.3) is 5.69 Å². The number of hydrogen-bond acceptors (Lipinski definition) is 3. The number of aryl methyl sites for hydroxylation is 2. The second-order valence-electron chi connectivity index (χ2n) is 4.17. The first-order chi connectivity index (χ1) is 8.90. The summed E-state index contributed by atoms with van der Waals surface area (Å²) in [6.07, 6.45) is 0. The van der Waals surface area contributed by atoms with Gasteiger partial charge >= 0.3 is 5.97 Å². The highest BCUT2D eigenvalue weighted by molar-refractivity contribution is 9.10. The van der Waals surface area contributed by atoms with E-state index in [4.69, 9.17) is 5.11 Å². The van der Waals surface area contributed by atoms with Gasteiger partial charge in [-0.1, -0.05) is 6.07 Å². The highest BCUT2D eigenvalue weighted by Crippen LogP contribution is 2.22. The molecule has 0 aliphatic rings. The van der Waals surface area contributed by atoms with E-state index >= 15 is 0 Å². The maximum Gasteiger partial charge on any atom is 0.360 e. The lowest BCUT2D eigenvalue weighted by atomic mass is 10.2. The van der Waals surface area contributed by atoms with E-state index in [1.54, 1.807) is 6.92 Å². The van der Waals surface area contributed by atoms with Crippen LogP contribution >= 0.6 is 15.9 Å². The third-order valence-corrected chi connectivity index (χ3v) is 3.31. The summed E-state index contributed by atoms with van der Waals surface area (Å²) in [5.41, 5.74) is 1.19. The average molecular weight is 323 g/mol. The van der Waals surface area contributed by atoms with Gasteiger partial charge in [-0.2, -0.15) is 5.10 Å². The van der Waals surface area contributed by atoms with Gasteiger partial charge in [-0.3, -0.25) is 4.79 Å². The van der Waals surface area contributed by atoms with Crippen molar-refractivity contribution >= 4 is 21.9 Å². The van der Waals surface area contributed by atoms with Crippen LogP contribution in [0.5, 0.6) is 0 Å². The van der Waals surface area contributed by atoms with Crippen molar-refractivity contribution in [1.82, 2.24) is 9.78 Å². The first-order valence-corrected chi connectivity index (χ1v) is 6.30. The van der Waals surface area contributed by atoms with Crippen LogP contribution in [0.15, 0.2) is 33.5 Å². The zero-order chi connectivity index (χ0) is 14.2. The fourth-order valence-corrected chi connectivity index (χ4v) is 2.14. The number of rotatable bonds is 2. The predicted molar refractivity (Wildman–Crippen MR) is 74.0 cm³/mol. The van der Waals surface area contributed by atoms with Crippen molar-refractivity contribution in [2.45, 2.75) is 13.8 Å².